The molecule has 3 heteroatoms. The first-order valence-corrected chi connectivity index (χ1v) is 22.2. The fourth-order valence-electron chi connectivity index (χ4n) is 12.4. The van der Waals surface area contributed by atoms with Crippen LogP contribution in [0.3, 0.4) is 0 Å². The normalized spacial score (nSPS) is 20.6. The molecule has 10 aromatic rings. The minimum atomic E-state index is 0.320. The summed E-state index contributed by atoms with van der Waals surface area (Å²) in [6.45, 7) is 0. The van der Waals surface area contributed by atoms with Crippen molar-refractivity contribution in [3.05, 3.63) is 194 Å². The molecule has 0 spiro atoms. The number of fused-ring (bicyclic) bond motifs is 6. The van der Waals surface area contributed by atoms with E-state index < -0.39 is 0 Å². The second-order valence-corrected chi connectivity index (χ2v) is 18.4. The predicted molar refractivity (Wildman–Crippen MR) is 253 cm³/mol. The Morgan fingerprint density at radius 1 is 0.410 bits per heavy atom. The van der Waals surface area contributed by atoms with Crippen LogP contribution in [0.1, 0.15) is 44.1 Å². The molecule has 4 aliphatic rings. The summed E-state index contributed by atoms with van der Waals surface area (Å²) in [5, 5.41) is 4.87. The van der Waals surface area contributed by atoms with Gasteiger partial charge in [0.05, 0.1) is 11.0 Å². The highest BCUT2D eigenvalue weighted by Crippen LogP contribution is 2.61. The van der Waals surface area contributed by atoms with Crippen molar-refractivity contribution in [2.75, 3.05) is 4.90 Å². The molecule has 4 saturated carbocycles. The van der Waals surface area contributed by atoms with Gasteiger partial charge in [-0.15, -0.1) is 0 Å². The number of benzene rings is 8. The van der Waals surface area contributed by atoms with E-state index in [1.165, 1.54) is 88.4 Å². The lowest BCUT2D eigenvalue weighted by Gasteiger charge is -2.57. The van der Waals surface area contributed by atoms with Crippen LogP contribution in [0.5, 0.6) is 0 Å². The van der Waals surface area contributed by atoms with Crippen LogP contribution in [-0.4, -0.2) is 4.57 Å². The molecule has 61 heavy (non-hydrogen) atoms. The molecule has 0 saturated heterocycles. The second kappa shape index (κ2) is 13.6. The summed E-state index contributed by atoms with van der Waals surface area (Å²) >= 11 is 0. The maximum absolute atomic E-state index is 6.28. The third-order valence-corrected chi connectivity index (χ3v) is 14.7. The molecule has 0 N–H and O–H groups in total. The van der Waals surface area contributed by atoms with E-state index in [0.29, 0.717) is 5.41 Å². The van der Waals surface area contributed by atoms with E-state index in [9.17, 15) is 0 Å². The first-order valence-electron chi connectivity index (χ1n) is 22.2. The van der Waals surface area contributed by atoms with Crippen molar-refractivity contribution in [3.63, 3.8) is 0 Å². The van der Waals surface area contributed by atoms with Crippen LogP contribution < -0.4 is 4.90 Å². The average Bonchev–Trinajstić information content (AvgIpc) is 3.85. The monoisotopic (exact) mass is 786 g/mol. The fourth-order valence-corrected chi connectivity index (χ4v) is 12.4. The first kappa shape index (κ1) is 35.0. The number of hydrogen-bond acceptors (Lipinski definition) is 2. The van der Waals surface area contributed by atoms with Crippen molar-refractivity contribution in [2.45, 2.75) is 43.9 Å². The van der Waals surface area contributed by atoms with Gasteiger partial charge in [-0.2, -0.15) is 0 Å². The highest BCUT2D eigenvalue weighted by atomic mass is 16.3. The molecule has 4 bridgehead atoms. The lowest BCUT2D eigenvalue weighted by Crippen LogP contribution is -2.48. The van der Waals surface area contributed by atoms with E-state index in [2.05, 4.69) is 185 Å². The van der Waals surface area contributed by atoms with Crippen molar-refractivity contribution < 1.29 is 4.42 Å². The molecule has 2 aromatic heterocycles. The third-order valence-electron chi connectivity index (χ3n) is 14.7. The first-order chi connectivity index (χ1) is 30.1. The van der Waals surface area contributed by atoms with Crippen LogP contribution in [-0.2, 0) is 5.41 Å². The molecule has 0 amide bonds. The largest absolute Gasteiger partial charge is 0.456 e. The summed E-state index contributed by atoms with van der Waals surface area (Å²) in [4.78, 5) is 2.47. The summed E-state index contributed by atoms with van der Waals surface area (Å²) in [6.07, 6.45) is 8.43. The molecule has 0 unspecified atom stereocenters. The van der Waals surface area contributed by atoms with E-state index in [1.54, 1.807) is 5.56 Å². The number of rotatable bonds is 7. The van der Waals surface area contributed by atoms with Gasteiger partial charge in [0.2, 0.25) is 0 Å². The zero-order valence-electron chi connectivity index (χ0n) is 34.2. The van der Waals surface area contributed by atoms with Crippen molar-refractivity contribution in [2.24, 2.45) is 17.8 Å². The number of aromatic nitrogens is 1. The van der Waals surface area contributed by atoms with Gasteiger partial charge in [0, 0.05) is 44.3 Å². The molecule has 294 valence electrons. The molecule has 2 heterocycles. The lowest BCUT2D eigenvalue weighted by atomic mass is 9.48. The van der Waals surface area contributed by atoms with Crippen LogP contribution in [0.4, 0.5) is 17.1 Å². The van der Waals surface area contributed by atoms with E-state index in [0.717, 1.165) is 56.6 Å². The van der Waals surface area contributed by atoms with Crippen LogP contribution in [0.25, 0.3) is 71.7 Å². The second-order valence-electron chi connectivity index (χ2n) is 18.4. The molecule has 14 rings (SSSR count). The minimum absolute atomic E-state index is 0.320. The van der Waals surface area contributed by atoms with E-state index in [1.807, 2.05) is 12.1 Å². The van der Waals surface area contributed by atoms with Gasteiger partial charge in [-0.3, -0.25) is 0 Å². The summed E-state index contributed by atoms with van der Waals surface area (Å²) in [5.74, 6) is 2.70. The molecule has 0 radical (unpaired) electrons. The Hall–Kier alpha value is -6.84. The smallest absolute Gasteiger partial charge is 0.136 e. The van der Waals surface area contributed by atoms with Gasteiger partial charge in [0.25, 0.3) is 0 Å². The maximum Gasteiger partial charge on any atom is 0.136 e. The quantitative estimate of drug-likeness (QED) is 0.160. The Kier molecular flexibility index (Phi) is 7.79. The zero-order chi connectivity index (χ0) is 40.1. The number of hydrogen-bond donors (Lipinski definition) is 0. The van der Waals surface area contributed by atoms with Crippen molar-refractivity contribution >= 4 is 60.8 Å². The van der Waals surface area contributed by atoms with Gasteiger partial charge in [-0.25, -0.2) is 0 Å². The standard InChI is InChI=1S/C58H46N2O/c1-4-16-54-50(13-1)51-14-2-5-17-55(51)60(54)48-11-7-9-43(32-48)41-19-24-46(25-20-41)59(49-12-8-10-45(34-49)58-35-38-29-39(36-58)31-40(30-38)37-58)47-26-21-42(22-27-47)44-23-28-53-52-15-3-6-18-56(52)61-57(53)33-44/h1-28,32-34,38-40H,29-31,35-37H2. The van der Waals surface area contributed by atoms with Gasteiger partial charge < -0.3 is 13.9 Å². The fraction of sp³-hybridized carbons (Fsp3) is 0.172. The zero-order valence-corrected chi connectivity index (χ0v) is 34.2. The molecular formula is C58H46N2O. The summed E-state index contributed by atoms with van der Waals surface area (Å²) in [6, 6.07) is 69.3. The Morgan fingerprint density at radius 2 is 0.951 bits per heavy atom. The number of anilines is 3. The molecule has 4 aliphatic carbocycles. The van der Waals surface area contributed by atoms with Crippen LogP contribution in [0.15, 0.2) is 192 Å². The van der Waals surface area contributed by atoms with Crippen LogP contribution >= 0.6 is 0 Å². The van der Waals surface area contributed by atoms with Crippen molar-refractivity contribution in [1.29, 1.82) is 0 Å². The van der Waals surface area contributed by atoms with Crippen LogP contribution in [0.2, 0.25) is 0 Å². The summed E-state index contributed by atoms with van der Waals surface area (Å²) in [5.41, 5.74) is 15.6. The van der Waals surface area contributed by atoms with Gasteiger partial charge in [-0.1, -0.05) is 109 Å². The maximum atomic E-state index is 6.28. The van der Waals surface area contributed by atoms with Gasteiger partial charge >= 0.3 is 0 Å². The molecule has 3 nitrogen and oxygen atoms in total. The molecule has 8 aromatic carbocycles. The third kappa shape index (κ3) is 5.71. The Bertz CT molecular complexity index is 3200. The number of para-hydroxylation sites is 3. The van der Waals surface area contributed by atoms with Gasteiger partial charge in [-0.05, 0) is 168 Å². The SMILES string of the molecule is c1cc(-c2ccc(N(c3ccc(-c4ccc5c(c4)oc4ccccc45)cc3)c3cccc(C45CC6CC(CC(C6)C4)C5)c3)cc2)cc(-n2c3ccccc3c3ccccc32)c1. The highest BCUT2D eigenvalue weighted by molar-refractivity contribution is 6.09. The minimum Gasteiger partial charge on any atom is -0.456 e. The molecule has 0 aliphatic heterocycles. The number of furan rings is 1. The summed E-state index contributed by atoms with van der Waals surface area (Å²) < 4.78 is 8.68. The molecule has 4 fully saturated rings. The van der Waals surface area contributed by atoms with Crippen molar-refractivity contribution in [3.8, 4) is 27.9 Å². The number of nitrogens with zero attached hydrogens (tertiary/aromatic N) is 2. The predicted octanol–water partition coefficient (Wildman–Crippen LogP) is 16.0. The van der Waals surface area contributed by atoms with Gasteiger partial charge in [0.15, 0.2) is 0 Å². The van der Waals surface area contributed by atoms with Crippen LogP contribution in [0, 0.1) is 17.8 Å². The molecule has 0 atom stereocenters. The van der Waals surface area contributed by atoms with E-state index in [-0.39, 0.29) is 0 Å². The van der Waals surface area contributed by atoms with E-state index >= 15 is 0 Å². The molecular weight excluding hydrogens is 741 g/mol. The van der Waals surface area contributed by atoms with E-state index in [4.69, 9.17) is 4.42 Å². The topological polar surface area (TPSA) is 21.3 Å². The highest BCUT2D eigenvalue weighted by Gasteiger charge is 2.51. The Balaban J connectivity index is 0.883. The Labute approximate surface area is 356 Å². The lowest BCUT2D eigenvalue weighted by molar-refractivity contribution is -0.00516. The Morgan fingerprint density at radius 3 is 1.61 bits per heavy atom. The summed E-state index contributed by atoms with van der Waals surface area (Å²) in [7, 11) is 0. The van der Waals surface area contributed by atoms with Crippen molar-refractivity contribution in [1.82, 2.24) is 4.57 Å². The van der Waals surface area contributed by atoms with Gasteiger partial charge in [0.1, 0.15) is 11.2 Å². The average molecular weight is 787 g/mol.